The number of methoxy groups -OCH3 is 1. The van der Waals surface area contributed by atoms with Crippen molar-refractivity contribution in [2.24, 2.45) is 0 Å². The van der Waals surface area contributed by atoms with Gasteiger partial charge in [0.25, 0.3) is 5.91 Å². The maximum atomic E-state index is 12.0. The first kappa shape index (κ1) is 17.7. The van der Waals surface area contributed by atoms with Crippen LogP contribution in [0.2, 0.25) is 0 Å². The van der Waals surface area contributed by atoms with Crippen molar-refractivity contribution < 1.29 is 14.3 Å². The highest BCUT2D eigenvalue weighted by atomic mass is 16.5. The number of carbonyl (C=O) groups is 1. The molecule has 0 radical (unpaired) electrons. The van der Waals surface area contributed by atoms with Gasteiger partial charge in [-0.05, 0) is 18.6 Å². The molecule has 23 heavy (non-hydrogen) atoms. The molecule has 1 aromatic heterocycles. The van der Waals surface area contributed by atoms with E-state index in [0.717, 1.165) is 58.1 Å². The Balaban J connectivity index is 1.67. The summed E-state index contributed by atoms with van der Waals surface area (Å²) in [5, 5.41) is 6.14. The Morgan fingerprint density at radius 1 is 1.35 bits per heavy atom. The van der Waals surface area contributed by atoms with E-state index in [1.807, 2.05) is 6.07 Å². The molecule has 128 valence electrons. The van der Waals surface area contributed by atoms with Gasteiger partial charge < -0.3 is 20.1 Å². The number of aromatic nitrogens is 1. The van der Waals surface area contributed by atoms with Gasteiger partial charge in [0.05, 0.1) is 25.1 Å². The van der Waals surface area contributed by atoms with Gasteiger partial charge in [-0.15, -0.1) is 0 Å². The number of nitrogens with one attached hydrogen (secondary N) is 2. The van der Waals surface area contributed by atoms with Gasteiger partial charge >= 0.3 is 0 Å². The normalized spacial score (nSPS) is 15.3. The third kappa shape index (κ3) is 6.52. The fourth-order valence-corrected chi connectivity index (χ4v) is 2.32. The summed E-state index contributed by atoms with van der Waals surface area (Å²) in [7, 11) is 1.69. The topological polar surface area (TPSA) is 75.7 Å². The zero-order valence-corrected chi connectivity index (χ0v) is 13.7. The molecule has 0 saturated carbocycles. The van der Waals surface area contributed by atoms with Crippen LogP contribution in [0.25, 0.3) is 0 Å². The summed E-state index contributed by atoms with van der Waals surface area (Å²) >= 11 is 0. The standard InChI is InChI=1S/C16H26N4O3/c1-22-10-2-5-17-14-3-4-15(19-13-14)16(21)18-6-7-20-8-11-23-12-9-20/h3-4,13,17H,2,5-12H2,1H3,(H,18,21). The number of carbonyl (C=O) groups excluding carboxylic acids is 1. The van der Waals surface area contributed by atoms with Crippen molar-refractivity contribution in [3.63, 3.8) is 0 Å². The molecule has 1 amide bonds. The van der Waals surface area contributed by atoms with Gasteiger partial charge in [0, 0.05) is 46.4 Å². The molecule has 0 aromatic carbocycles. The van der Waals surface area contributed by atoms with Crippen LogP contribution in [0.3, 0.4) is 0 Å². The van der Waals surface area contributed by atoms with Crippen molar-refractivity contribution in [3.8, 4) is 0 Å². The van der Waals surface area contributed by atoms with Crippen LogP contribution in [-0.4, -0.2) is 75.4 Å². The highest BCUT2D eigenvalue weighted by Crippen LogP contribution is 2.06. The largest absolute Gasteiger partial charge is 0.385 e. The lowest BCUT2D eigenvalue weighted by Gasteiger charge is -2.26. The van der Waals surface area contributed by atoms with E-state index in [4.69, 9.17) is 9.47 Å². The van der Waals surface area contributed by atoms with E-state index in [1.54, 1.807) is 19.4 Å². The Hall–Kier alpha value is -1.70. The molecule has 7 heteroatoms. The van der Waals surface area contributed by atoms with Crippen LogP contribution in [0.4, 0.5) is 5.69 Å². The zero-order chi connectivity index (χ0) is 16.3. The van der Waals surface area contributed by atoms with Gasteiger partial charge in [0.15, 0.2) is 0 Å². The van der Waals surface area contributed by atoms with E-state index < -0.39 is 0 Å². The molecule has 2 rings (SSSR count). The maximum Gasteiger partial charge on any atom is 0.269 e. The Morgan fingerprint density at radius 3 is 2.87 bits per heavy atom. The van der Waals surface area contributed by atoms with E-state index >= 15 is 0 Å². The van der Waals surface area contributed by atoms with E-state index in [0.29, 0.717) is 12.2 Å². The summed E-state index contributed by atoms with van der Waals surface area (Å²) in [5.74, 6) is -0.135. The molecule has 2 N–H and O–H groups in total. The van der Waals surface area contributed by atoms with Gasteiger partial charge in [-0.25, -0.2) is 4.98 Å². The van der Waals surface area contributed by atoms with Crippen LogP contribution in [0.15, 0.2) is 18.3 Å². The summed E-state index contributed by atoms with van der Waals surface area (Å²) in [6.45, 7) is 6.41. The number of ether oxygens (including phenoxy) is 2. The van der Waals surface area contributed by atoms with Crippen LogP contribution in [-0.2, 0) is 9.47 Å². The molecule has 1 fully saturated rings. The Labute approximate surface area is 137 Å². The van der Waals surface area contributed by atoms with Crippen molar-refractivity contribution >= 4 is 11.6 Å². The quantitative estimate of drug-likeness (QED) is 0.648. The van der Waals surface area contributed by atoms with Crippen LogP contribution in [0.1, 0.15) is 16.9 Å². The number of amides is 1. The number of morpholine rings is 1. The van der Waals surface area contributed by atoms with Crippen LogP contribution >= 0.6 is 0 Å². The molecule has 7 nitrogen and oxygen atoms in total. The molecule has 1 saturated heterocycles. The fourth-order valence-electron chi connectivity index (χ4n) is 2.32. The first-order valence-corrected chi connectivity index (χ1v) is 8.07. The average molecular weight is 322 g/mol. The minimum Gasteiger partial charge on any atom is -0.385 e. The number of pyridine rings is 1. The predicted octanol–water partition coefficient (Wildman–Crippen LogP) is 0.592. The van der Waals surface area contributed by atoms with E-state index in [-0.39, 0.29) is 5.91 Å². The number of nitrogens with zero attached hydrogens (tertiary/aromatic N) is 2. The van der Waals surface area contributed by atoms with Crippen LogP contribution < -0.4 is 10.6 Å². The summed E-state index contributed by atoms with van der Waals surface area (Å²) in [5.41, 5.74) is 1.35. The van der Waals surface area contributed by atoms with E-state index in [9.17, 15) is 4.79 Å². The highest BCUT2D eigenvalue weighted by Gasteiger charge is 2.11. The minimum absolute atomic E-state index is 0.135. The highest BCUT2D eigenvalue weighted by molar-refractivity contribution is 5.92. The van der Waals surface area contributed by atoms with Gasteiger partial charge in [0.2, 0.25) is 0 Å². The molecular weight excluding hydrogens is 296 g/mol. The Morgan fingerprint density at radius 2 is 2.17 bits per heavy atom. The maximum absolute atomic E-state index is 12.0. The second kappa shape index (κ2) is 10.1. The summed E-state index contributed by atoms with van der Waals surface area (Å²) < 4.78 is 10.3. The van der Waals surface area contributed by atoms with Gasteiger partial charge in [0.1, 0.15) is 5.69 Å². The molecular formula is C16H26N4O3. The van der Waals surface area contributed by atoms with Crippen molar-refractivity contribution in [1.29, 1.82) is 0 Å². The summed E-state index contributed by atoms with van der Waals surface area (Å²) in [6, 6.07) is 3.61. The lowest BCUT2D eigenvalue weighted by Crippen LogP contribution is -2.41. The second-order valence-electron chi connectivity index (χ2n) is 5.42. The van der Waals surface area contributed by atoms with Crippen molar-refractivity contribution in [2.45, 2.75) is 6.42 Å². The van der Waals surface area contributed by atoms with Gasteiger partial charge in [-0.2, -0.15) is 0 Å². The lowest BCUT2D eigenvalue weighted by atomic mass is 10.3. The third-order valence-corrected chi connectivity index (χ3v) is 3.67. The van der Waals surface area contributed by atoms with Crippen molar-refractivity contribution in [3.05, 3.63) is 24.0 Å². The Kier molecular flexibility index (Phi) is 7.79. The first-order chi connectivity index (χ1) is 11.3. The minimum atomic E-state index is -0.135. The molecule has 2 heterocycles. The lowest BCUT2D eigenvalue weighted by molar-refractivity contribution is 0.0383. The summed E-state index contributed by atoms with van der Waals surface area (Å²) in [6.07, 6.45) is 2.62. The Bertz CT molecular complexity index is 461. The second-order valence-corrected chi connectivity index (χ2v) is 5.42. The summed E-state index contributed by atoms with van der Waals surface area (Å²) in [4.78, 5) is 18.5. The fraction of sp³-hybridized carbons (Fsp3) is 0.625. The average Bonchev–Trinajstić information content (AvgIpc) is 2.60. The first-order valence-electron chi connectivity index (χ1n) is 8.07. The zero-order valence-electron chi connectivity index (χ0n) is 13.7. The molecule has 0 aliphatic carbocycles. The van der Waals surface area contributed by atoms with Crippen molar-refractivity contribution in [1.82, 2.24) is 15.2 Å². The van der Waals surface area contributed by atoms with Crippen LogP contribution in [0, 0.1) is 0 Å². The van der Waals surface area contributed by atoms with E-state index in [2.05, 4.69) is 20.5 Å². The molecule has 1 aliphatic heterocycles. The predicted molar refractivity (Wildman–Crippen MR) is 88.8 cm³/mol. The van der Waals surface area contributed by atoms with Crippen LogP contribution in [0.5, 0.6) is 0 Å². The monoisotopic (exact) mass is 322 g/mol. The molecule has 0 atom stereocenters. The SMILES string of the molecule is COCCCNc1ccc(C(=O)NCCN2CCOCC2)nc1. The molecule has 0 unspecified atom stereocenters. The third-order valence-electron chi connectivity index (χ3n) is 3.67. The molecule has 1 aromatic rings. The number of hydrogen-bond donors (Lipinski definition) is 2. The van der Waals surface area contributed by atoms with Gasteiger partial charge in [-0.1, -0.05) is 0 Å². The number of hydrogen-bond acceptors (Lipinski definition) is 6. The van der Waals surface area contributed by atoms with E-state index in [1.165, 1.54) is 0 Å². The number of rotatable bonds is 9. The molecule has 0 bridgehead atoms. The van der Waals surface area contributed by atoms with Gasteiger partial charge in [-0.3, -0.25) is 9.69 Å². The molecule has 1 aliphatic rings. The number of anilines is 1. The molecule has 0 spiro atoms. The van der Waals surface area contributed by atoms with Crippen molar-refractivity contribution in [2.75, 3.05) is 65.0 Å². The smallest absolute Gasteiger partial charge is 0.269 e.